The average Bonchev–Trinajstić information content (AvgIpc) is 3.55. The topological polar surface area (TPSA) is 88.8 Å². The molecule has 5 aromatic rings. The van der Waals surface area contributed by atoms with Crippen molar-refractivity contribution < 1.29 is 8.42 Å². The number of aromatic amines is 1. The van der Waals surface area contributed by atoms with E-state index < -0.39 is 9.84 Å². The van der Waals surface area contributed by atoms with Gasteiger partial charge in [-0.05, 0) is 62.2 Å². The number of aromatic nitrogens is 5. The minimum absolute atomic E-state index is 0.272. The Hall–Kier alpha value is -3.43. The molecule has 0 radical (unpaired) electrons. The third-order valence-electron chi connectivity index (χ3n) is 7.11. The predicted octanol–water partition coefficient (Wildman–Crippen LogP) is 3.88. The number of nitrogens with one attached hydrogen (secondary N) is 1. The maximum absolute atomic E-state index is 11.7. The summed E-state index contributed by atoms with van der Waals surface area (Å²) in [4.78, 5) is 10.8. The summed E-state index contributed by atoms with van der Waals surface area (Å²) in [5, 5.41) is 6.69. The molecule has 0 saturated carbocycles. The van der Waals surface area contributed by atoms with E-state index in [1.54, 1.807) is 4.68 Å². The van der Waals surface area contributed by atoms with Gasteiger partial charge in [0.05, 0.1) is 29.1 Å². The smallest absolute Gasteiger partial charge is 0.152 e. The van der Waals surface area contributed by atoms with Gasteiger partial charge in [-0.1, -0.05) is 6.07 Å². The van der Waals surface area contributed by atoms with Gasteiger partial charge in [0, 0.05) is 60.1 Å². The minimum Gasteiger partial charge on any atom is -0.359 e. The molecule has 0 unspecified atom stereocenters. The Morgan fingerprint density at radius 3 is 2.67 bits per heavy atom. The van der Waals surface area contributed by atoms with Crippen LogP contribution in [0.15, 0.2) is 55.0 Å². The lowest BCUT2D eigenvalue weighted by Gasteiger charge is -2.26. The zero-order valence-corrected chi connectivity index (χ0v) is 21.4. The third-order valence-corrected chi connectivity index (χ3v) is 8.72. The summed E-state index contributed by atoms with van der Waals surface area (Å²) in [6.07, 6.45) is 7.92. The first-order valence-electron chi connectivity index (χ1n) is 12.4. The molecule has 0 bridgehead atoms. The number of pyridine rings is 1. The molecule has 1 aliphatic heterocycles. The lowest BCUT2D eigenvalue weighted by Crippen LogP contribution is -2.40. The van der Waals surface area contributed by atoms with Crippen molar-refractivity contribution >= 4 is 31.8 Å². The van der Waals surface area contributed by atoms with E-state index in [1.165, 1.54) is 10.9 Å². The van der Waals surface area contributed by atoms with Crippen LogP contribution in [0.4, 0.5) is 0 Å². The highest BCUT2D eigenvalue weighted by atomic mass is 32.2. The van der Waals surface area contributed by atoms with Gasteiger partial charge in [-0.25, -0.2) is 13.4 Å². The van der Waals surface area contributed by atoms with Crippen molar-refractivity contribution in [1.29, 1.82) is 0 Å². The molecule has 1 fully saturated rings. The first-order chi connectivity index (χ1) is 17.3. The van der Waals surface area contributed by atoms with Gasteiger partial charge in [-0.2, -0.15) is 5.10 Å². The Morgan fingerprint density at radius 1 is 1.06 bits per heavy atom. The lowest BCUT2D eigenvalue weighted by atomic mass is 10.1. The van der Waals surface area contributed by atoms with Crippen LogP contribution in [0.5, 0.6) is 0 Å². The van der Waals surface area contributed by atoms with E-state index in [9.17, 15) is 8.42 Å². The summed E-state index contributed by atoms with van der Waals surface area (Å²) in [6.45, 7) is 4.24. The summed E-state index contributed by atoms with van der Waals surface area (Å²) in [6, 6.07) is 12.9. The maximum Gasteiger partial charge on any atom is 0.152 e. The molecular formula is C27H30N6O2S. The first-order valence-corrected chi connectivity index (χ1v) is 14.2. The molecule has 5 heterocycles. The normalized spacial score (nSPS) is 16.3. The summed E-state index contributed by atoms with van der Waals surface area (Å²) < 4.78 is 27.4. The van der Waals surface area contributed by atoms with Crippen LogP contribution < -0.4 is 0 Å². The van der Waals surface area contributed by atoms with E-state index in [2.05, 4.69) is 69.1 Å². The minimum atomic E-state index is -2.85. The van der Waals surface area contributed by atoms with Crippen LogP contribution in [0.1, 0.15) is 17.7 Å². The standard InChI is InChI=1S/C27H30N6O2S/c1-19-14-22-15-20(5-7-26(22)29-19)25-8-6-24-21(4-3-9-32-10-12-36(34,35)13-11-32)17-33(27(24)30-25)23-16-28-31(2)18-23/h5-8,14-18,29H,3-4,9-13H2,1-2H3. The van der Waals surface area contributed by atoms with Crippen LogP contribution in [0.25, 0.3) is 38.9 Å². The highest BCUT2D eigenvalue weighted by Crippen LogP contribution is 2.29. The Balaban J connectivity index is 1.31. The van der Waals surface area contributed by atoms with Gasteiger partial charge >= 0.3 is 0 Å². The van der Waals surface area contributed by atoms with Crippen molar-refractivity contribution in [2.24, 2.45) is 7.05 Å². The number of hydrogen-bond donors (Lipinski definition) is 1. The molecule has 8 nitrogen and oxygen atoms in total. The summed E-state index contributed by atoms with van der Waals surface area (Å²) in [5.41, 5.74) is 7.45. The van der Waals surface area contributed by atoms with Crippen LogP contribution in [0.3, 0.4) is 0 Å². The van der Waals surface area contributed by atoms with E-state index in [0.717, 1.165) is 58.6 Å². The number of fused-ring (bicyclic) bond motifs is 2. The molecule has 0 atom stereocenters. The van der Waals surface area contributed by atoms with Crippen LogP contribution in [-0.4, -0.2) is 68.8 Å². The zero-order valence-electron chi connectivity index (χ0n) is 20.6. The summed E-state index contributed by atoms with van der Waals surface area (Å²) in [5.74, 6) is 0.544. The van der Waals surface area contributed by atoms with Gasteiger partial charge in [0.15, 0.2) is 9.84 Å². The molecule has 1 saturated heterocycles. The molecule has 1 aliphatic rings. The first kappa shape index (κ1) is 23.0. The van der Waals surface area contributed by atoms with Crippen LogP contribution in [0, 0.1) is 6.92 Å². The second kappa shape index (κ2) is 8.90. The number of H-pyrrole nitrogens is 1. The fourth-order valence-corrected chi connectivity index (χ4v) is 6.44. The number of hydrogen-bond acceptors (Lipinski definition) is 5. The zero-order chi connectivity index (χ0) is 24.9. The molecular weight excluding hydrogens is 472 g/mol. The number of rotatable bonds is 6. The molecule has 36 heavy (non-hydrogen) atoms. The Labute approximate surface area is 210 Å². The molecule has 4 aromatic heterocycles. The number of nitrogens with zero attached hydrogens (tertiary/aromatic N) is 5. The molecule has 6 rings (SSSR count). The molecule has 0 spiro atoms. The monoisotopic (exact) mass is 502 g/mol. The quantitative estimate of drug-likeness (QED) is 0.381. The summed E-state index contributed by atoms with van der Waals surface area (Å²) >= 11 is 0. The number of aryl methyl sites for hydroxylation is 3. The number of sulfone groups is 1. The Morgan fingerprint density at radius 2 is 1.89 bits per heavy atom. The number of benzene rings is 1. The van der Waals surface area contributed by atoms with Crippen molar-refractivity contribution in [3.63, 3.8) is 0 Å². The molecule has 0 amide bonds. The van der Waals surface area contributed by atoms with Crippen molar-refractivity contribution in [2.75, 3.05) is 31.1 Å². The highest BCUT2D eigenvalue weighted by molar-refractivity contribution is 7.91. The molecule has 186 valence electrons. The van der Waals surface area contributed by atoms with Gasteiger partial charge in [0.2, 0.25) is 0 Å². The van der Waals surface area contributed by atoms with Gasteiger partial charge in [-0.15, -0.1) is 0 Å². The highest BCUT2D eigenvalue weighted by Gasteiger charge is 2.21. The Kier molecular flexibility index (Phi) is 5.69. The van der Waals surface area contributed by atoms with E-state index in [0.29, 0.717) is 13.1 Å². The van der Waals surface area contributed by atoms with E-state index in [1.807, 2.05) is 19.4 Å². The van der Waals surface area contributed by atoms with E-state index in [4.69, 9.17) is 4.98 Å². The largest absolute Gasteiger partial charge is 0.359 e. The van der Waals surface area contributed by atoms with E-state index >= 15 is 0 Å². The van der Waals surface area contributed by atoms with Gasteiger partial charge in [-0.3, -0.25) is 9.25 Å². The molecule has 9 heteroatoms. The van der Waals surface area contributed by atoms with Crippen molar-refractivity contribution in [3.05, 3.63) is 66.2 Å². The van der Waals surface area contributed by atoms with Crippen LogP contribution in [0.2, 0.25) is 0 Å². The second-order valence-electron chi connectivity index (χ2n) is 9.82. The van der Waals surface area contributed by atoms with Crippen molar-refractivity contribution in [3.8, 4) is 16.9 Å². The fourth-order valence-electron chi connectivity index (χ4n) is 5.16. The molecule has 1 aromatic carbocycles. The SMILES string of the molecule is Cc1cc2cc(-c3ccc4c(CCCN5CCS(=O)(=O)CC5)cn(-c5cnn(C)c5)c4n3)ccc2[nH]1. The predicted molar refractivity (Wildman–Crippen MR) is 143 cm³/mol. The van der Waals surface area contributed by atoms with Gasteiger partial charge in [0.1, 0.15) is 5.65 Å². The van der Waals surface area contributed by atoms with Crippen LogP contribution in [-0.2, 0) is 23.3 Å². The van der Waals surface area contributed by atoms with Gasteiger partial charge < -0.3 is 9.88 Å². The average molecular weight is 503 g/mol. The third kappa shape index (κ3) is 4.44. The van der Waals surface area contributed by atoms with Crippen LogP contribution >= 0.6 is 0 Å². The lowest BCUT2D eigenvalue weighted by molar-refractivity contribution is 0.292. The van der Waals surface area contributed by atoms with E-state index in [-0.39, 0.29) is 11.5 Å². The maximum atomic E-state index is 11.7. The van der Waals surface area contributed by atoms with Crippen molar-refractivity contribution in [1.82, 2.24) is 29.2 Å². The molecule has 0 aliphatic carbocycles. The second-order valence-corrected chi connectivity index (χ2v) is 12.1. The summed E-state index contributed by atoms with van der Waals surface area (Å²) in [7, 11) is -0.930. The van der Waals surface area contributed by atoms with Crippen molar-refractivity contribution in [2.45, 2.75) is 19.8 Å². The Bertz CT molecular complexity index is 1660. The molecule has 1 N–H and O–H groups in total. The van der Waals surface area contributed by atoms with Gasteiger partial charge in [0.25, 0.3) is 0 Å². The fraction of sp³-hybridized carbons (Fsp3) is 0.333.